The molecule has 0 aliphatic heterocycles. The first-order valence-electron chi connectivity index (χ1n) is 14.4. The number of hydrogen-bond acceptors (Lipinski definition) is 9. The molecule has 232 valence electrons. The highest BCUT2D eigenvalue weighted by atomic mass is 28.4. The molecule has 42 heavy (non-hydrogen) atoms. The fraction of sp³-hybridized carbons (Fsp3) is 0.562. The van der Waals surface area contributed by atoms with Crippen molar-refractivity contribution in [3.05, 3.63) is 52.6 Å². The van der Waals surface area contributed by atoms with Gasteiger partial charge < -0.3 is 32.8 Å². The number of rotatable bonds is 14. The van der Waals surface area contributed by atoms with Gasteiger partial charge in [-0.1, -0.05) is 53.7 Å². The Morgan fingerprint density at radius 2 is 1.38 bits per heavy atom. The molecule has 0 radical (unpaired) electrons. The summed E-state index contributed by atoms with van der Waals surface area (Å²) >= 11 is 0. The summed E-state index contributed by atoms with van der Waals surface area (Å²) in [5.74, 6) is -0.698. The van der Waals surface area contributed by atoms with E-state index in [1.54, 1.807) is 26.4 Å². The maximum Gasteiger partial charge on any atom is 0.338 e. The van der Waals surface area contributed by atoms with E-state index in [9.17, 15) is 9.59 Å². The number of ether oxygens (including phenoxy) is 6. The first-order chi connectivity index (χ1) is 20.0. The van der Waals surface area contributed by atoms with Crippen molar-refractivity contribution in [2.45, 2.75) is 70.4 Å². The Labute approximate surface area is 250 Å². The lowest BCUT2D eigenvalue weighted by atomic mass is 9.79. The van der Waals surface area contributed by atoms with Crippen LogP contribution in [0.25, 0.3) is 11.1 Å². The van der Waals surface area contributed by atoms with Crippen molar-refractivity contribution in [3.63, 3.8) is 0 Å². The van der Waals surface area contributed by atoms with E-state index >= 15 is 0 Å². The molecule has 0 N–H and O–H groups in total. The van der Waals surface area contributed by atoms with Gasteiger partial charge in [-0.2, -0.15) is 0 Å². The van der Waals surface area contributed by atoms with Crippen molar-refractivity contribution >= 4 is 20.3 Å². The van der Waals surface area contributed by atoms with Crippen LogP contribution in [0.5, 0.6) is 5.75 Å². The van der Waals surface area contributed by atoms with Crippen LogP contribution in [0, 0.1) is 0 Å². The van der Waals surface area contributed by atoms with Crippen LogP contribution in [0.3, 0.4) is 0 Å². The SMILES string of the molecule is COCCOCO[C@@H]1c2cc(C(=O)OC)c(C(=O)OC)cc2-c2c(OC)cccc2[C@H]1O[Si](C(C)C)(C(C)C)C(C)C. The number of carbonyl (C=O) groups is 2. The van der Waals surface area contributed by atoms with Crippen molar-refractivity contribution in [2.24, 2.45) is 0 Å². The van der Waals surface area contributed by atoms with Gasteiger partial charge >= 0.3 is 11.9 Å². The minimum absolute atomic E-state index is 0.0292. The second-order valence-electron chi connectivity index (χ2n) is 11.4. The van der Waals surface area contributed by atoms with Crippen LogP contribution >= 0.6 is 0 Å². The van der Waals surface area contributed by atoms with Crippen LogP contribution in [0.1, 0.15) is 85.6 Å². The van der Waals surface area contributed by atoms with Crippen molar-refractivity contribution in [1.82, 2.24) is 0 Å². The van der Waals surface area contributed by atoms with E-state index in [-0.39, 0.29) is 17.9 Å². The van der Waals surface area contributed by atoms with Gasteiger partial charge in [0.05, 0.1) is 45.7 Å². The summed E-state index contributed by atoms with van der Waals surface area (Å²) in [7, 11) is 3.31. The third kappa shape index (κ3) is 6.43. The van der Waals surface area contributed by atoms with Crippen molar-refractivity contribution in [1.29, 1.82) is 0 Å². The fourth-order valence-electron chi connectivity index (χ4n) is 6.45. The van der Waals surface area contributed by atoms with Crippen LogP contribution in [0.15, 0.2) is 30.3 Å². The first-order valence-corrected chi connectivity index (χ1v) is 16.5. The number of methoxy groups -OCH3 is 4. The quantitative estimate of drug-likeness (QED) is 0.0994. The molecule has 3 rings (SSSR count). The van der Waals surface area contributed by atoms with Gasteiger partial charge in [-0.05, 0) is 51.5 Å². The van der Waals surface area contributed by atoms with Gasteiger partial charge in [0, 0.05) is 12.7 Å². The topological polar surface area (TPSA) is 98.8 Å². The highest BCUT2D eigenvalue weighted by Gasteiger charge is 2.50. The monoisotopic (exact) mass is 602 g/mol. The molecule has 9 nitrogen and oxygen atoms in total. The van der Waals surface area contributed by atoms with Crippen molar-refractivity contribution in [2.75, 3.05) is 48.4 Å². The zero-order valence-electron chi connectivity index (χ0n) is 26.6. The van der Waals surface area contributed by atoms with Crippen LogP contribution < -0.4 is 4.74 Å². The zero-order chi connectivity index (χ0) is 31.2. The lowest BCUT2D eigenvalue weighted by Crippen LogP contribution is -2.49. The van der Waals surface area contributed by atoms with Gasteiger partial charge in [-0.3, -0.25) is 0 Å². The first kappa shape index (κ1) is 33.7. The molecule has 0 spiro atoms. The molecular weight excluding hydrogens is 556 g/mol. The number of benzene rings is 2. The summed E-state index contributed by atoms with van der Waals surface area (Å²) in [6, 6.07) is 9.13. The molecule has 0 aromatic heterocycles. The van der Waals surface area contributed by atoms with E-state index in [4.69, 9.17) is 32.8 Å². The Hall–Kier alpha value is -2.76. The number of esters is 2. The Kier molecular flexibility index (Phi) is 11.7. The summed E-state index contributed by atoms with van der Waals surface area (Å²) in [4.78, 5) is 25.9. The molecule has 0 amide bonds. The normalized spacial score (nSPS) is 16.4. The molecule has 1 aliphatic carbocycles. The summed E-state index contributed by atoms with van der Waals surface area (Å²) in [6.45, 7) is 14.1. The van der Waals surface area contributed by atoms with E-state index in [2.05, 4.69) is 41.5 Å². The van der Waals surface area contributed by atoms with Gasteiger partial charge in [0.2, 0.25) is 8.32 Å². The van der Waals surface area contributed by atoms with Gasteiger partial charge in [-0.15, -0.1) is 0 Å². The van der Waals surface area contributed by atoms with E-state index in [0.717, 1.165) is 11.1 Å². The Morgan fingerprint density at radius 1 is 0.786 bits per heavy atom. The van der Waals surface area contributed by atoms with Crippen molar-refractivity contribution < 1.29 is 42.4 Å². The molecule has 2 aromatic rings. The molecule has 2 aromatic carbocycles. The summed E-state index contributed by atoms with van der Waals surface area (Å²) < 4.78 is 40.7. The van der Waals surface area contributed by atoms with Gasteiger partial charge in [-0.25, -0.2) is 9.59 Å². The number of carbonyl (C=O) groups excluding carboxylic acids is 2. The summed E-state index contributed by atoms with van der Waals surface area (Å²) in [5.41, 5.74) is 4.09. The van der Waals surface area contributed by atoms with E-state index in [0.29, 0.717) is 46.7 Å². The predicted molar refractivity (Wildman–Crippen MR) is 163 cm³/mol. The Balaban J connectivity index is 2.36. The Morgan fingerprint density at radius 3 is 1.90 bits per heavy atom. The smallest absolute Gasteiger partial charge is 0.338 e. The number of fused-ring (bicyclic) bond motifs is 3. The number of hydrogen-bond donors (Lipinski definition) is 0. The molecule has 10 heteroatoms. The summed E-state index contributed by atoms with van der Waals surface area (Å²) in [6.07, 6.45) is -1.21. The van der Waals surface area contributed by atoms with Crippen LogP contribution in [0.2, 0.25) is 16.6 Å². The van der Waals surface area contributed by atoms with Gasteiger partial charge in [0.15, 0.2) is 0 Å². The highest BCUT2D eigenvalue weighted by Crippen LogP contribution is 2.55. The molecule has 0 saturated carbocycles. The minimum atomic E-state index is -2.46. The summed E-state index contributed by atoms with van der Waals surface area (Å²) in [5, 5.41) is 0. The average molecular weight is 603 g/mol. The molecule has 0 heterocycles. The van der Waals surface area contributed by atoms with Crippen LogP contribution in [-0.4, -0.2) is 68.7 Å². The molecule has 2 atom stereocenters. The lowest BCUT2D eigenvalue weighted by Gasteiger charge is -2.47. The molecule has 0 saturated heterocycles. The van der Waals surface area contributed by atoms with Crippen molar-refractivity contribution in [3.8, 4) is 16.9 Å². The third-order valence-electron chi connectivity index (χ3n) is 8.24. The van der Waals surface area contributed by atoms with E-state index in [1.165, 1.54) is 14.2 Å². The van der Waals surface area contributed by atoms with Crippen LogP contribution in [0.4, 0.5) is 0 Å². The highest BCUT2D eigenvalue weighted by molar-refractivity contribution is 6.77. The van der Waals surface area contributed by atoms with E-state index < -0.39 is 32.5 Å². The molecule has 0 bridgehead atoms. The second kappa shape index (κ2) is 14.6. The van der Waals surface area contributed by atoms with Gasteiger partial charge in [0.1, 0.15) is 24.8 Å². The molecule has 0 fully saturated rings. The second-order valence-corrected chi connectivity index (χ2v) is 16.8. The Bertz CT molecular complexity index is 1220. The largest absolute Gasteiger partial charge is 0.496 e. The predicted octanol–water partition coefficient (Wildman–Crippen LogP) is 6.86. The molecule has 1 aliphatic rings. The van der Waals surface area contributed by atoms with Gasteiger partial charge in [0.25, 0.3) is 0 Å². The zero-order valence-corrected chi connectivity index (χ0v) is 27.6. The van der Waals surface area contributed by atoms with E-state index in [1.807, 2.05) is 18.2 Å². The lowest BCUT2D eigenvalue weighted by molar-refractivity contribution is -0.131. The molecule has 0 unspecified atom stereocenters. The minimum Gasteiger partial charge on any atom is -0.496 e. The maximum atomic E-state index is 13.0. The average Bonchev–Trinajstić information content (AvgIpc) is 2.97. The fourth-order valence-corrected chi connectivity index (χ4v) is 12.0. The van der Waals surface area contributed by atoms with Crippen LogP contribution in [-0.2, 0) is 28.1 Å². The maximum absolute atomic E-state index is 13.0. The standard InChI is InChI=1S/C32H46O9Si/c1-19(2)42(20(3)4,21(5)6)41-30-22-12-11-13-27(36-8)28(22)23-16-25(31(33)37-9)26(32(34)38-10)17-24(23)29(30)40-18-39-15-14-35-7/h11-13,16-17,19-21,29-30H,14-15,18H2,1-10H3/t29-,30-/m1/s1. The molecular formula is C32H46O9Si. The third-order valence-corrected chi connectivity index (χ3v) is 14.3.